The van der Waals surface area contributed by atoms with Gasteiger partial charge >= 0.3 is 0 Å². The number of hydrogen-bond acceptors (Lipinski definition) is 5. The van der Waals surface area contributed by atoms with Gasteiger partial charge in [-0.15, -0.1) is 5.10 Å². The summed E-state index contributed by atoms with van der Waals surface area (Å²) in [6, 6.07) is 4.61. The molecule has 7 heteroatoms. The molecule has 1 aromatic heterocycles. The molecule has 0 aliphatic carbocycles. The molecule has 0 aliphatic rings. The van der Waals surface area contributed by atoms with Crippen LogP contribution in [-0.2, 0) is 6.54 Å². The van der Waals surface area contributed by atoms with Crippen molar-refractivity contribution in [1.82, 2.24) is 15.5 Å². The lowest BCUT2D eigenvalue weighted by atomic mass is 10.2. The number of hydrogen-bond donors (Lipinski definition) is 1. The third kappa shape index (κ3) is 4.50. The first-order valence-corrected chi connectivity index (χ1v) is 7.81. The summed E-state index contributed by atoms with van der Waals surface area (Å²) in [5.74, 6) is 0.288. The molecular formula is C13H15BrFN3OS. The van der Waals surface area contributed by atoms with Crippen molar-refractivity contribution in [3.63, 3.8) is 0 Å². The van der Waals surface area contributed by atoms with Crippen LogP contribution in [0.1, 0.15) is 18.9 Å². The smallest absolute Gasteiger partial charge is 0.299 e. The third-order valence-electron chi connectivity index (χ3n) is 2.37. The predicted molar refractivity (Wildman–Crippen MR) is 80.6 cm³/mol. The van der Waals surface area contributed by atoms with Gasteiger partial charge in [0.15, 0.2) is 11.6 Å². The average molecular weight is 360 g/mol. The monoisotopic (exact) mass is 359 g/mol. The summed E-state index contributed by atoms with van der Waals surface area (Å²) in [4.78, 5) is 0. The summed E-state index contributed by atoms with van der Waals surface area (Å²) >= 11 is 4.50. The van der Waals surface area contributed by atoms with Crippen molar-refractivity contribution < 1.29 is 9.13 Å². The van der Waals surface area contributed by atoms with Crippen LogP contribution in [0.4, 0.5) is 4.39 Å². The lowest BCUT2D eigenvalue weighted by molar-refractivity contribution is 0.435. The average Bonchev–Trinajstić information content (AvgIpc) is 2.80. The summed E-state index contributed by atoms with van der Waals surface area (Å²) in [6.07, 6.45) is 0. The highest BCUT2D eigenvalue weighted by atomic mass is 79.9. The van der Waals surface area contributed by atoms with E-state index >= 15 is 0 Å². The standard InChI is InChI=1S/C13H15BrFN3OS/c1-8(2)6-16-7-12-17-18-13(20-12)19-11-4-3-9(14)5-10(11)15/h3-5,8,16H,6-7H2,1-2H3. The van der Waals surface area contributed by atoms with Crippen LogP contribution >= 0.6 is 27.3 Å². The second kappa shape index (κ2) is 7.10. The first kappa shape index (κ1) is 15.3. The van der Waals surface area contributed by atoms with Gasteiger partial charge in [0.1, 0.15) is 5.01 Å². The Morgan fingerprint density at radius 3 is 2.90 bits per heavy atom. The zero-order valence-corrected chi connectivity index (χ0v) is 13.6. The van der Waals surface area contributed by atoms with E-state index in [0.717, 1.165) is 11.6 Å². The Hall–Kier alpha value is -1.05. The van der Waals surface area contributed by atoms with Crippen LogP contribution in [-0.4, -0.2) is 16.7 Å². The van der Waals surface area contributed by atoms with Gasteiger partial charge in [-0.2, -0.15) is 0 Å². The van der Waals surface area contributed by atoms with Gasteiger partial charge in [0.2, 0.25) is 0 Å². The lowest BCUT2D eigenvalue weighted by Crippen LogP contribution is -2.18. The predicted octanol–water partition coefficient (Wildman–Crippen LogP) is 3.98. The SMILES string of the molecule is CC(C)CNCc1nnc(Oc2ccc(Br)cc2F)s1. The third-order valence-corrected chi connectivity index (χ3v) is 3.66. The molecule has 0 radical (unpaired) electrons. The zero-order valence-electron chi connectivity index (χ0n) is 11.2. The fourth-order valence-electron chi connectivity index (χ4n) is 1.47. The minimum absolute atomic E-state index is 0.144. The Kier molecular flexibility index (Phi) is 5.45. The molecule has 0 spiro atoms. The first-order chi connectivity index (χ1) is 9.54. The fourth-order valence-corrected chi connectivity index (χ4v) is 2.47. The van der Waals surface area contributed by atoms with E-state index in [4.69, 9.17) is 4.74 Å². The molecule has 20 heavy (non-hydrogen) atoms. The van der Waals surface area contributed by atoms with Gasteiger partial charge < -0.3 is 10.1 Å². The van der Waals surface area contributed by atoms with Crippen LogP contribution in [0.2, 0.25) is 0 Å². The van der Waals surface area contributed by atoms with Crippen molar-refractivity contribution in [2.24, 2.45) is 5.92 Å². The van der Waals surface area contributed by atoms with Crippen molar-refractivity contribution in [3.05, 3.63) is 33.5 Å². The highest BCUT2D eigenvalue weighted by molar-refractivity contribution is 9.10. The summed E-state index contributed by atoms with van der Waals surface area (Å²) in [7, 11) is 0. The molecule has 108 valence electrons. The van der Waals surface area contributed by atoms with Gasteiger partial charge in [0.25, 0.3) is 5.19 Å². The van der Waals surface area contributed by atoms with E-state index in [1.54, 1.807) is 12.1 Å². The molecule has 0 aliphatic heterocycles. The Morgan fingerprint density at radius 1 is 1.40 bits per heavy atom. The molecule has 1 heterocycles. The minimum Gasteiger partial charge on any atom is -0.427 e. The maximum atomic E-state index is 13.6. The second-order valence-corrected chi connectivity index (χ2v) is 6.60. The maximum Gasteiger partial charge on any atom is 0.299 e. The fraction of sp³-hybridized carbons (Fsp3) is 0.385. The molecule has 4 nitrogen and oxygen atoms in total. The van der Waals surface area contributed by atoms with E-state index in [-0.39, 0.29) is 5.75 Å². The second-order valence-electron chi connectivity index (χ2n) is 4.66. The van der Waals surface area contributed by atoms with E-state index in [9.17, 15) is 4.39 Å². The van der Waals surface area contributed by atoms with Gasteiger partial charge in [-0.1, -0.05) is 46.2 Å². The quantitative estimate of drug-likeness (QED) is 0.847. The normalized spacial score (nSPS) is 11.1. The highest BCUT2D eigenvalue weighted by Gasteiger charge is 2.10. The van der Waals surface area contributed by atoms with Crippen LogP contribution in [0.5, 0.6) is 10.9 Å². The van der Waals surface area contributed by atoms with E-state index in [2.05, 4.69) is 45.3 Å². The van der Waals surface area contributed by atoms with E-state index in [1.807, 2.05) is 0 Å². The Bertz CT molecular complexity index is 576. The van der Waals surface area contributed by atoms with Crippen molar-refractivity contribution in [2.45, 2.75) is 20.4 Å². The molecule has 0 unspecified atom stereocenters. The first-order valence-electron chi connectivity index (χ1n) is 6.20. The van der Waals surface area contributed by atoms with E-state index in [0.29, 0.717) is 22.1 Å². The van der Waals surface area contributed by atoms with Gasteiger partial charge in [-0.3, -0.25) is 0 Å². The molecule has 0 amide bonds. The topological polar surface area (TPSA) is 47.0 Å². The molecule has 0 saturated heterocycles. The summed E-state index contributed by atoms with van der Waals surface area (Å²) in [6.45, 7) is 5.83. The molecular weight excluding hydrogens is 345 g/mol. The van der Waals surface area contributed by atoms with Gasteiger partial charge in [-0.25, -0.2) is 4.39 Å². The molecule has 2 rings (SSSR count). The minimum atomic E-state index is -0.436. The van der Waals surface area contributed by atoms with Crippen LogP contribution in [0.15, 0.2) is 22.7 Å². The molecule has 0 bridgehead atoms. The molecule has 0 saturated carbocycles. The van der Waals surface area contributed by atoms with Crippen LogP contribution in [0, 0.1) is 11.7 Å². The Labute approximate surface area is 129 Å². The van der Waals surface area contributed by atoms with Crippen LogP contribution in [0.25, 0.3) is 0 Å². The number of nitrogens with one attached hydrogen (secondary N) is 1. The van der Waals surface area contributed by atoms with E-state index < -0.39 is 5.82 Å². The lowest BCUT2D eigenvalue weighted by Gasteiger charge is -2.04. The summed E-state index contributed by atoms with van der Waals surface area (Å²) < 4.78 is 19.7. The van der Waals surface area contributed by atoms with E-state index in [1.165, 1.54) is 17.4 Å². The van der Waals surface area contributed by atoms with Gasteiger partial charge in [0, 0.05) is 11.0 Å². The number of halogens is 2. The van der Waals surface area contributed by atoms with Crippen molar-refractivity contribution >= 4 is 27.3 Å². The highest BCUT2D eigenvalue weighted by Crippen LogP contribution is 2.28. The Balaban J connectivity index is 1.95. The van der Waals surface area contributed by atoms with Crippen LogP contribution in [0.3, 0.4) is 0 Å². The number of ether oxygens (including phenoxy) is 1. The molecule has 1 aromatic carbocycles. The summed E-state index contributed by atoms with van der Waals surface area (Å²) in [5, 5.41) is 12.3. The zero-order chi connectivity index (χ0) is 14.5. The van der Waals surface area contributed by atoms with Crippen molar-refractivity contribution in [3.8, 4) is 10.9 Å². The number of rotatable bonds is 6. The molecule has 2 aromatic rings. The van der Waals surface area contributed by atoms with Crippen LogP contribution < -0.4 is 10.1 Å². The maximum absolute atomic E-state index is 13.6. The van der Waals surface area contributed by atoms with Crippen molar-refractivity contribution in [1.29, 1.82) is 0 Å². The summed E-state index contributed by atoms with van der Waals surface area (Å²) in [5.41, 5.74) is 0. The number of benzene rings is 1. The largest absolute Gasteiger partial charge is 0.427 e. The number of aromatic nitrogens is 2. The molecule has 1 N–H and O–H groups in total. The van der Waals surface area contributed by atoms with Crippen molar-refractivity contribution in [2.75, 3.05) is 6.54 Å². The Morgan fingerprint density at radius 2 is 2.20 bits per heavy atom. The number of nitrogens with zero attached hydrogens (tertiary/aromatic N) is 2. The molecule has 0 fully saturated rings. The van der Waals surface area contributed by atoms with Gasteiger partial charge in [-0.05, 0) is 30.7 Å². The molecule has 0 atom stereocenters. The van der Waals surface area contributed by atoms with Gasteiger partial charge in [0.05, 0.1) is 0 Å².